The summed E-state index contributed by atoms with van der Waals surface area (Å²) in [5.74, 6) is -0.156. The van der Waals surface area contributed by atoms with E-state index in [0.717, 1.165) is 17.5 Å². The number of halogens is 1. The van der Waals surface area contributed by atoms with Gasteiger partial charge < -0.3 is 14.2 Å². The van der Waals surface area contributed by atoms with Crippen LogP contribution in [0.1, 0.15) is 29.3 Å². The molecule has 0 radical (unpaired) electrons. The summed E-state index contributed by atoms with van der Waals surface area (Å²) in [7, 11) is 0. The third-order valence-corrected chi connectivity index (χ3v) is 5.27. The summed E-state index contributed by atoms with van der Waals surface area (Å²) in [6.07, 6.45) is 0.963. The molecule has 1 fully saturated rings. The fourth-order valence-corrected chi connectivity index (χ4v) is 3.71. The number of ether oxygens (including phenoxy) is 1. The molecule has 162 valence electrons. The molecule has 31 heavy (non-hydrogen) atoms. The third-order valence-electron chi connectivity index (χ3n) is 5.27. The number of nitrogens with zero attached hydrogens (tertiary/aromatic N) is 3. The summed E-state index contributed by atoms with van der Waals surface area (Å²) in [6, 6.07) is 11.3. The molecule has 0 aliphatic carbocycles. The van der Waals surface area contributed by atoms with Crippen molar-refractivity contribution in [1.82, 2.24) is 14.5 Å². The van der Waals surface area contributed by atoms with Gasteiger partial charge in [0.25, 0.3) is 5.91 Å². The van der Waals surface area contributed by atoms with Gasteiger partial charge in [0.2, 0.25) is 11.9 Å². The fourth-order valence-electron chi connectivity index (χ4n) is 3.71. The molecule has 1 aliphatic heterocycles. The number of carbonyl (C=O) groups excluding carboxylic acids is 2. The number of carbonyl (C=O) groups is 2. The molecular weight excluding hydrogens is 399 g/mol. The van der Waals surface area contributed by atoms with Crippen LogP contribution in [0.3, 0.4) is 0 Å². The average molecular weight is 424 g/mol. The summed E-state index contributed by atoms with van der Waals surface area (Å²) >= 11 is 0. The molecule has 1 saturated heterocycles. The van der Waals surface area contributed by atoms with Gasteiger partial charge in [-0.25, -0.2) is 9.37 Å². The van der Waals surface area contributed by atoms with Crippen LogP contribution >= 0.6 is 0 Å². The second-order valence-electron chi connectivity index (χ2n) is 7.55. The number of fused-ring (bicyclic) bond motifs is 1. The lowest BCUT2D eigenvalue weighted by molar-refractivity contribution is -0.115. The highest BCUT2D eigenvalue weighted by Crippen LogP contribution is 2.23. The second kappa shape index (κ2) is 9.26. The van der Waals surface area contributed by atoms with Gasteiger partial charge in [-0.1, -0.05) is 19.1 Å². The molecule has 2 aromatic carbocycles. The van der Waals surface area contributed by atoms with E-state index in [4.69, 9.17) is 4.74 Å². The molecule has 8 heteroatoms. The van der Waals surface area contributed by atoms with Crippen molar-refractivity contribution >= 4 is 28.8 Å². The van der Waals surface area contributed by atoms with Crippen LogP contribution in [0.4, 0.5) is 10.3 Å². The quantitative estimate of drug-likeness (QED) is 0.659. The van der Waals surface area contributed by atoms with E-state index in [1.54, 1.807) is 23.1 Å². The topological polar surface area (TPSA) is 76.5 Å². The molecule has 2 heterocycles. The van der Waals surface area contributed by atoms with Crippen LogP contribution in [0.25, 0.3) is 11.0 Å². The van der Waals surface area contributed by atoms with Crippen LogP contribution in [-0.4, -0.2) is 52.6 Å². The number of morpholine rings is 1. The summed E-state index contributed by atoms with van der Waals surface area (Å²) < 4.78 is 20.3. The van der Waals surface area contributed by atoms with Gasteiger partial charge in [0, 0.05) is 25.2 Å². The van der Waals surface area contributed by atoms with Crippen molar-refractivity contribution in [1.29, 1.82) is 0 Å². The molecule has 0 bridgehead atoms. The van der Waals surface area contributed by atoms with Crippen LogP contribution in [0.2, 0.25) is 0 Å². The lowest BCUT2D eigenvalue weighted by Gasteiger charge is -2.26. The average Bonchev–Trinajstić information content (AvgIpc) is 3.12. The molecule has 0 spiro atoms. The number of rotatable bonds is 6. The van der Waals surface area contributed by atoms with Gasteiger partial charge in [0.05, 0.1) is 30.7 Å². The number of hydrogen-bond acceptors (Lipinski definition) is 4. The monoisotopic (exact) mass is 424 g/mol. The highest BCUT2D eigenvalue weighted by molar-refractivity contribution is 5.98. The Bertz CT molecular complexity index is 1090. The molecule has 4 rings (SSSR count). The van der Waals surface area contributed by atoms with E-state index in [2.05, 4.69) is 10.3 Å². The Morgan fingerprint density at radius 2 is 1.87 bits per heavy atom. The Balaban J connectivity index is 1.58. The van der Waals surface area contributed by atoms with Gasteiger partial charge in [-0.15, -0.1) is 0 Å². The first-order valence-electron chi connectivity index (χ1n) is 10.5. The predicted octanol–water partition coefficient (Wildman–Crippen LogP) is 3.24. The minimum Gasteiger partial charge on any atom is -0.378 e. The standard InChI is InChI=1S/C23H25FN4O3/c1-2-9-28-20-15-17(22(30)27-10-12-31-13-11-27)5-8-19(20)25-23(28)26-21(29)14-16-3-6-18(24)7-4-16/h3-8,15H,2,9-14H2,1H3,(H,25,26,29). The van der Waals surface area contributed by atoms with E-state index in [1.165, 1.54) is 12.1 Å². The van der Waals surface area contributed by atoms with Crippen molar-refractivity contribution in [3.63, 3.8) is 0 Å². The van der Waals surface area contributed by atoms with Gasteiger partial charge >= 0.3 is 0 Å². The van der Waals surface area contributed by atoms with E-state index < -0.39 is 0 Å². The molecule has 0 saturated carbocycles. The minimum atomic E-state index is -0.337. The van der Waals surface area contributed by atoms with Crippen molar-refractivity contribution in [2.75, 3.05) is 31.6 Å². The fraction of sp³-hybridized carbons (Fsp3) is 0.348. The Morgan fingerprint density at radius 1 is 1.13 bits per heavy atom. The second-order valence-corrected chi connectivity index (χ2v) is 7.55. The Labute approximate surface area is 179 Å². The number of anilines is 1. The number of benzene rings is 2. The largest absolute Gasteiger partial charge is 0.378 e. The first-order chi connectivity index (χ1) is 15.0. The first-order valence-corrected chi connectivity index (χ1v) is 10.5. The summed E-state index contributed by atoms with van der Waals surface area (Å²) in [6.45, 7) is 4.94. The van der Waals surface area contributed by atoms with Crippen LogP contribution in [-0.2, 0) is 22.5 Å². The van der Waals surface area contributed by atoms with Crippen molar-refractivity contribution in [3.8, 4) is 0 Å². The van der Waals surface area contributed by atoms with Crippen molar-refractivity contribution in [3.05, 3.63) is 59.4 Å². The van der Waals surface area contributed by atoms with Crippen molar-refractivity contribution in [2.45, 2.75) is 26.3 Å². The number of hydrogen-bond donors (Lipinski definition) is 1. The van der Waals surface area contributed by atoms with Crippen molar-refractivity contribution in [2.24, 2.45) is 0 Å². The van der Waals surface area contributed by atoms with Crippen LogP contribution in [0, 0.1) is 5.82 Å². The maximum Gasteiger partial charge on any atom is 0.254 e. The number of aryl methyl sites for hydroxylation is 1. The maximum atomic E-state index is 13.1. The zero-order chi connectivity index (χ0) is 21.8. The molecule has 0 unspecified atom stereocenters. The van der Waals surface area contributed by atoms with Gasteiger partial charge in [-0.05, 0) is 42.3 Å². The summed E-state index contributed by atoms with van der Waals surface area (Å²) in [4.78, 5) is 31.8. The van der Waals surface area contributed by atoms with Crippen LogP contribution in [0.5, 0.6) is 0 Å². The zero-order valence-corrected chi connectivity index (χ0v) is 17.4. The SMILES string of the molecule is CCCn1c(NC(=O)Cc2ccc(F)cc2)nc2ccc(C(=O)N3CCOCC3)cc21. The number of nitrogens with one attached hydrogen (secondary N) is 1. The lowest BCUT2D eigenvalue weighted by atomic mass is 10.1. The molecule has 3 aromatic rings. The zero-order valence-electron chi connectivity index (χ0n) is 17.4. The van der Waals surface area contributed by atoms with Gasteiger partial charge in [-0.2, -0.15) is 0 Å². The van der Waals surface area contributed by atoms with E-state index in [-0.39, 0.29) is 24.1 Å². The molecular formula is C23H25FN4O3. The van der Waals surface area contributed by atoms with Gasteiger partial charge in [0.1, 0.15) is 5.82 Å². The molecule has 0 atom stereocenters. The Morgan fingerprint density at radius 3 is 2.58 bits per heavy atom. The minimum absolute atomic E-state index is 0.0312. The number of amides is 2. The molecule has 7 nitrogen and oxygen atoms in total. The Hall–Kier alpha value is -3.26. The Kier molecular flexibility index (Phi) is 6.27. The predicted molar refractivity (Wildman–Crippen MR) is 115 cm³/mol. The summed E-state index contributed by atoms with van der Waals surface area (Å²) in [5, 5.41) is 2.87. The van der Waals surface area contributed by atoms with E-state index >= 15 is 0 Å². The number of imidazole rings is 1. The third kappa shape index (κ3) is 4.74. The highest BCUT2D eigenvalue weighted by atomic mass is 19.1. The van der Waals surface area contributed by atoms with E-state index in [1.807, 2.05) is 23.6 Å². The molecule has 1 aromatic heterocycles. The van der Waals surface area contributed by atoms with Gasteiger partial charge in [-0.3, -0.25) is 14.9 Å². The van der Waals surface area contributed by atoms with Gasteiger partial charge in [0.15, 0.2) is 0 Å². The molecule has 1 aliphatic rings. The lowest BCUT2D eigenvalue weighted by Crippen LogP contribution is -2.40. The highest BCUT2D eigenvalue weighted by Gasteiger charge is 2.20. The maximum absolute atomic E-state index is 13.1. The van der Waals surface area contributed by atoms with Crippen molar-refractivity contribution < 1.29 is 18.7 Å². The molecule has 1 N–H and O–H groups in total. The summed E-state index contributed by atoms with van der Waals surface area (Å²) in [5.41, 5.74) is 2.83. The molecule has 2 amide bonds. The van der Waals surface area contributed by atoms with E-state index in [0.29, 0.717) is 49.9 Å². The van der Waals surface area contributed by atoms with Crippen LogP contribution < -0.4 is 5.32 Å². The normalized spacial score (nSPS) is 14.1. The first kappa shape index (κ1) is 21.0. The number of aromatic nitrogens is 2. The van der Waals surface area contributed by atoms with E-state index in [9.17, 15) is 14.0 Å². The smallest absolute Gasteiger partial charge is 0.254 e. The van der Waals surface area contributed by atoms with Crippen LogP contribution in [0.15, 0.2) is 42.5 Å².